The average Bonchev–Trinajstić information content (AvgIpc) is 2.61. The van der Waals surface area contributed by atoms with Crippen molar-refractivity contribution in [2.45, 2.75) is 45.6 Å². The molecule has 0 spiro atoms. The molecule has 1 fully saturated rings. The minimum absolute atomic E-state index is 0.0903. The van der Waals surface area contributed by atoms with Crippen molar-refractivity contribution in [1.29, 1.82) is 0 Å². The van der Waals surface area contributed by atoms with E-state index >= 15 is 0 Å². The number of hydrogen-bond donors (Lipinski definition) is 3. The summed E-state index contributed by atoms with van der Waals surface area (Å²) < 4.78 is 0. The molecule has 1 heterocycles. The third-order valence-corrected chi connectivity index (χ3v) is 3.51. The summed E-state index contributed by atoms with van der Waals surface area (Å²) in [4.78, 5) is 36.3. The number of aliphatic hydroxyl groups excluding tert-OH is 1. The van der Waals surface area contributed by atoms with Crippen molar-refractivity contribution in [2.75, 3.05) is 19.7 Å². The van der Waals surface area contributed by atoms with E-state index in [1.54, 1.807) is 13.8 Å². The van der Waals surface area contributed by atoms with Crippen molar-refractivity contribution in [3.63, 3.8) is 0 Å². The number of nitrogens with one attached hydrogen (secondary N) is 2. The van der Waals surface area contributed by atoms with E-state index < -0.39 is 11.6 Å². The maximum Gasteiger partial charge on any atom is 0.325 e. The second-order valence-electron chi connectivity index (χ2n) is 6.04. The number of nitrogens with zero attached hydrogens (tertiary/aromatic N) is 1. The highest BCUT2D eigenvalue weighted by Gasteiger charge is 2.43. The Morgan fingerprint density at radius 3 is 2.62 bits per heavy atom. The van der Waals surface area contributed by atoms with Crippen molar-refractivity contribution in [1.82, 2.24) is 15.5 Å². The Hall–Kier alpha value is -1.63. The number of carbonyl (C=O) groups is 3. The van der Waals surface area contributed by atoms with Crippen LogP contribution in [-0.2, 0) is 9.59 Å². The quantitative estimate of drug-likeness (QED) is 0.441. The number of urea groups is 1. The van der Waals surface area contributed by atoms with E-state index in [1.165, 1.54) is 0 Å². The van der Waals surface area contributed by atoms with Crippen LogP contribution in [0.3, 0.4) is 0 Å². The van der Waals surface area contributed by atoms with E-state index in [9.17, 15) is 14.4 Å². The molecule has 1 aliphatic rings. The van der Waals surface area contributed by atoms with Gasteiger partial charge in [0, 0.05) is 26.1 Å². The summed E-state index contributed by atoms with van der Waals surface area (Å²) in [5.41, 5.74) is -0.895. The Morgan fingerprint density at radius 1 is 1.43 bits per heavy atom. The molecule has 1 atom stereocenters. The molecule has 120 valence electrons. The molecule has 4 amide bonds. The van der Waals surface area contributed by atoms with Gasteiger partial charge in [-0.1, -0.05) is 6.92 Å². The molecule has 7 heteroatoms. The van der Waals surface area contributed by atoms with Crippen LogP contribution in [0.1, 0.15) is 40.0 Å². The van der Waals surface area contributed by atoms with Crippen LogP contribution in [0.15, 0.2) is 0 Å². The monoisotopic (exact) mass is 299 g/mol. The zero-order valence-corrected chi connectivity index (χ0v) is 12.9. The van der Waals surface area contributed by atoms with E-state index in [4.69, 9.17) is 5.11 Å². The molecule has 1 saturated heterocycles. The van der Waals surface area contributed by atoms with E-state index in [-0.39, 0.29) is 37.3 Å². The van der Waals surface area contributed by atoms with Crippen LogP contribution in [0.2, 0.25) is 0 Å². The third kappa shape index (κ3) is 5.00. The van der Waals surface area contributed by atoms with Crippen molar-refractivity contribution >= 4 is 17.8 Å². The van der Waals surface area contributed by atoms with Gasteiger partial charge in [0.1, 0.15) is 5.54 Å². The minimum atomic E-state index is -0.895. The first-order chi connectivity index (χ1) is 9.77. The van der Waals surface area contributed by atoms with Crippen molar-refractivity contribution in [3.8, 4) is 0 Å². The van der Waals surface area contributed by atoms with Gasteiger partial charge in [0.05, 0.1) is 0 Å². The van der Waals surface area contributed by atoms with Gasteiger partial charge < -0.3 is 15.7 Å². The minimum Gasteiger partial charge on any atom is -0.396 e. The molecule has 0 aromatic heterocycles. The largest absolute Gasteiger partial charge is 0.396 e. The van der Waals surface area contributed by atoms with Gasteiger partial charge in [0.15, 0.2) is 0 Å². The average molecular weight is 299 g/mol. The molecule has 0 bridgehead atoms. The molecule has 1 aliphatic heterocycles. The van der Waals surface area contributed by atoms with Gasteiger partial charge in [-0.25, -0.2) is 4.79 Å². The van der Waals surface area contributed by atoms with E-state index in [0.29, 0.717) is 6.54 Å². The second kappa shape index (κ2) is 7.40. The van der Waals surface area contributed by atoms with Gasteiger partial charge in [-0.05, 0) is 32.6 Å². The molecule has 0 aliphatic carbocycles. The third-order valence-electron chi connectivity index (χ3n) is 3.51. The van der Waals surface area contributed by atoms with Crippen LogP contribution in [0.4, 0.5) is 4.79 Å². The highest BCUT2D eigenvalue weighted by Crippen LogP contribution is 2.16. The summed E-state index contributed by atoms with van der Waals surface area (Å²) in [7, 11) is 0. The highest BCUT2D eigenvalue weighted by atomic mass is 16.3. The zero-order valence-electron chi connectivity index (χ0n) is 12.9. The van der Waals surface area contributed by atoms with E-state index in [0.717, 1.165) is 17.7 Å². The predicted molar refractivity (Wildman–Crippen MR) is 77.4 cm³/mol. The fourth-order valence-corrected chi connectivity index (χ4v) is 2.09. The molecule has 1 unspecified atom stereocenters. The lowest BCUT2D eigenvalue weighted by Gasteiger charge is -2.15. The molecule has 21 heavy (non-hydrogen) atoms. The Morgan fingerprint density at radius 2 is 2.10 bits per heavy atom. The van der Waals surface area contributed by atoms with Crippen LogP contribution < -0.4 is 10.6 Å². The molecule has 1 rings (SSSR count). The summed E-state index contributed by atoms with van der Waals surface area (Å²) in [6.07, 6.45) is 1.74. The number of aliphatic hydroxyl groups is 1. The molecular weight excluding hydrogens is 274 g/mol. The second-order valence-corrected chi connectivity index (χ2v) is 6.04. The highest BCUT2D eigenvalue weighted by molar-refractivity contribution is 6.06. The smallest absolute Gasteiger partial charge is 0.325 e. The summed E-state index contributed by atoms with van der Waals surface area (Å²) in [6.45, 7) is 5.99. The maximum atomic E-state index is 11.9. The van der Waals surface area contributed by atoms with Crippen LogP contribution in [0, 0.1) is 5.92 Å². The van der Waals surface area contributed by atoms with Gasteiger partial charge in [-0.15, -0.1) is 0 Å². The van der Waals surface area contributed by atoms with Crippen LogP contribution in [0.5, 0.6) is 0 Å². The Kier molecular flexibility index (Phi) is 6.14. The first-order valence-electron chi connectivity index (χ1n) is 7.29. The lowest BCUT2D eigenvalue weighted by Crippen LogP contribution is -2.40. The number of amides is 4. The Balaban J connectivity index is 2.25. The first kappa shape index (κ1) is 17.4. The van der Waals surface area contributed by atoms with Gasteiger partial charge >= 0.3 is 6.03 Å². The number of hydrogen-bond acceptors (Lipinski definition) is 4. The fraction of sp³-hybridized carbons (Fsp3) is 0.786. The van der Waals surface area contributed by atoms with Crippen LogP contribution in [-0.4, -0.2) is 53.1 Å². The summed E-state index contributed by atoms with van der Waals surface area (Å²) in [5, 5.41) is 14.2. The number of carbonyl (C=O) groups excluding carboxylic acids is 3. The van der Waals surface area contributed by atoms with Gasteiger partial charge in [-0.2, -0.15) is 0 Å². The lowest BCUT2D eigenvalue weighted by atomic mass is 10.1. The molecule has 0 saturated carbocycles. The van der Waals surface area contributed by atoms with E-state index in [1.807, 2.05) is 6.92 Å². The maximum absolute atomic E-state index is 11.9. The van der Waals surface area contributed by atoms with E-state index in [2.05, 4.69) is 10.6 Å². The topological polar surface area (TPSA) is 98.7 Å². The van der Waals surface area contributed by atoms with Crippen LogP contribution >= 0.6 is 0 Å². The molecular formula is C14H25N3O4. The van der Waals surface area contributed by atoms with Gasteiger partial charge in [-0.3, -0.25) is 14.5 Å². The van der Waals surface area contributed by atoms with Crippen molar-refractivity contribution in [2.24, 2.45) is 5.92 Å². The standard InChI is InChI=1S/C14H25N3O4/c1-10(9-18)5-4-7-15-11(19)6-8-17-12(20)14(2,3)16-13(17)21/h10,18H,4-9H2,1-3H3,(H,15,19)(H,16,21). The Bertz CT molecular complexity index is 409. The first-order valence-corrected chi connectivity index (χ1v) is 7.29. The Labute approximate surface area is 125 Å². The van der Waals surface area contributed by atoms with Crippen LogP contribution in [0.25, 0.3) is 0 Å². The molecule has 0 radical (unpaired) electrons. The lowest BCUT2D eigenvalue weighted by molar-refractivity contribution is -0.130. The normalized spacial score (nSPS) is 18.6. The summed E-state index contributed by atoms with van der Waals surface area (Å²) in [6, 6.07) is -0.449. The SMILES string of the molecule is CC(CO)CCCNC(=O)CCN1C(=O)NC(C)(C)C1=O. The summed E-state index contributed by atoms with van der Waals surface area (Å²) >= 11 is 0. The summed E-state index contributed by atoms with van der Waals surface area (Å²) in [5.74, 6) is -0.260. The fourth-order valence-electron chi connectivity index (χ4n) is 2.09. The zero-order chi connectivity index (χ0) is 16.0. The molecule has 7 nitrogen and oxygen atoms in total. The van der Waals surface area contributed by atoms with Gasteiger partial charge in [0.2, 0.25) is 5.91 Å². The van der Waals surface area contributed by atoms with Crippen molar-refractivity contribution in [3.05, 3.63) is 0 Å². The number of rotatable bonds is 8. The van der Waals surface area contributed by atoms with Crippen molar-refractivity contribution < 1.29 is 19.5 Å². The molecule has 0 aromatic carbocycles. The number of imide groups is 1. The predicted octanol–water partition coefficient (Wildman–Crippen LogP) is 0.232. The van der Waals surface area contributed by atoms with Gasteiger partial charge in [0.25, 0.3) is 5.91 Å². The molecule has 0 aromatic rings. The molecule has 3 N–H and O–H groups in total.